The maximum atomic E-state index is 12.3. The number of benzene rings is 1. The first kappa shape index (κ1) is 15.6. The minimum Gasteiger partial charge on any atom is -0.283 e. The molecule has 0 amide bonds. The highest BCUT2D eigenvalue weighted by molar-refractivity contribution is 7.93. The number of hydrogen-bond donors (Lipinski definition) is 1. The largest absolute Gasteiger partial charge is 0.283 e. The summed E-state index contributed by atoms with van der Waals surface area (Å²) < 4.78 is 52.0. The summed E-state index contributed by atoms with van der Waals surface area (Å²) in [5.74, 6) is 0. The van der Waals surface area contributed by atoms with E-state index in [-0.39, 0.29) is 5.25 Å². The summed E-state index contributed by atoms with van der Waals surface area (Å²) in [6.45, 7) is 0.410. The summed E-state index contributed by atoms with van der Waals surface area (Å²) in [7, 11) is -6.64. The minimum atomic E-state index is -3.35. The Kier molecular flexibility index (Phi) is 3.84. The summed E-state index contributed by atoms with van der Waals surface area (Å²) in [5, 5.41) is -0.312. The van der Waals surface area contributed by atoms with Crippen molar-refractivity contribution in [1.29, 1.82) is 0 Å². The smallest absolute Gasteiger partial charge is 0.235 e. The average Bonchev–Trinajstić information content (AvgIpc) is 3.06. The van der Waals surface area contributed by atoms with Gasteiger partial charge < -0.3 is 0 Å². The molecule has 0 aromatic heterocycles. The molecule has 0 unspecified atom stereocenters. The SMILES string of the molecule is CS(=O)(=O)N1CCc2cc(NS(=O)(=O)C3CCCC3)ccc21. The topological polar surface area (TPSA) is 83.6 Å². The van der Waals surface area contributed by atoms with E-state index in [0.717, 1.165) is 18.4 Å². The second-order valence-corrected chi connectivity index (χ2v) is 9.85. The molecule has 1 aromatic carbocycles. The lowest BCUT2D eigenvalue weighted by atomic mass is 10.1. The first-order chi connectivity index (χ1) is 10.3. The van der Waals surface area contributed by atoms with Crippen molar-refractivity contribution in [2.24, 2.45) is 0 Å². The summed E-state index contributed by atoms with van der Waals surface area (Å²) >= 11 is 0. The number of rotatable bonds is 4. The Balaban J connectivity index is 1.83. The molecule has 2 aliphatic rings. The van der Waals surface area contributed by atoms with Gasteiger partial charge in [0.05, 0.1) is 17.2 Å². The lowest BCUT2D eigenvalue weighted by Gasteiger charge is -2.17. The Morgan fingerprint density at radius 1 is 1.14 bits per heavy atom. The van der Waals surface area contributed by atoms with E-state index in [1.54, 1.807) is 18.2 Å². The lowest BCUT2D eigenvalue weighted by molar-refractivity contribution is 0.585. The third-order valence-corrected chi connectivity index (χ3v) is 7.38. The monoisotopic (exact) mass is 344 g/mol. The maximum Gasteiger partial charge on any atom is 0.235 e. The van der Waals surface area contributed by atoms with Gasteiger partial charge in [-0.3, -0.25) is 9.03 Å². The molecule has 1 fully saturated rings. The van der Waals surface area contributed by atoms with Gasteiger partial charge in [0.1, 0.15) is 0 Å². The van der Waals surface area contributed by atoms with Gasteiger partial charge in [0.15, 0.2) is 0 Å². The lowest BCUT2D eigenvalue weighted by Crippen LogP contribution is -2.27. The van der Waals surface area contributed by atoms with E-state index in [1.165, 1.54) is 10.6 Å². The van der Waals surface area contributed by atoms with E-state index >= 15 is 0 Å². The second-order valence-electron chi connectivity index (χ2n) is 5.98. The third-order valence-electron chi connectivity index (χ3n) is 4.33. The van der Waals surface area contributed by atoms with Gasteiger partial charge in [-0.1, -0.05) is 12.8 Å². The number of nitrogens with zero attached hydrogens (tertiary/aromatic N) is 1. The molecule has 0 atom stereocenters. The van der Waals surface area contributed by atoms with Crippen LogP contribution in [0.15, 0.2) is 18.2 Å². The zero-order chi connectivity index (χ0) is 16.0. The van der Waals surface area contributed by atoms with Crippen LogP contribution in [-0.2, 0) is 26.5 Å². The fraction of sp³-hybridized carbons (Fsp3) is 0.571. The molecular formula is C14H20N2O4S2. The molecule has 8 heteroatoms. The molecule has 22 heavy (non-hydrogen) atoms. The normalized spacial score (nSPS) is 19.4. The summed E-state index contributed by atoms with van der Waals surface area (Å²) in [5.41, 5.74) is 2.02. The van der Waals surface area contributed by atoms with Gasteiger partial charge in [-0.2, -0.15) is 0 Å². The van der Waals surface area contributed by atoms with Crippen LogP contribution in [0.3, 0.4) is 0 Å². The molecule has 0 radical (unpaired) electrons. The Hall–Kier alpha value is -1.28. The van der Waals surface area contributed by atoms with Crippen LogP contribution in [0.1, 0.15) is 31.2 Å². The van der Waals surface area contributed by atoms with Crippen molar-refractivity contribution in [1.82, 2.24) is 0 Å². The van der Waals surface area contributed by atoms with Crippen molar-refractivity contribution in [2.45, 2.75) is 37.4 Å². The van der Waals surface area contributed by atoms with Crippen molar-refractivity contribution < 1.29 is 16.8 Å². The number of anilines is 2. The quantitative estimate of drug-likeness (QED) is 0.901. The van der Waals surface area contributed by atoms with E-state index in [2.05, 4.69) is 4.72 Å². The highest BCUT2D eigenvalue weighted by Gasteiger charge is 2.30. The molecule has 1 aliphatic heterocycles. The Bertz CT molecular complexity index is 781. The van der Waals surface area contributed by atoms with Gasteiger partial charge in [0.2, 0.25) is 20.0 Å². The number of fused-ring (bicyclic) bond motifs is 1. The third kappa shape index (κ3) is 2.94. The molecule has 1 aromatic rings. The zero-order valence-electron chi connectivity index (χ0n) is 12.4. The van der Waals surface area contributed by atoms with Crippen molar-refractivity contribution in [3.8, 4) is 0 Å². The Morgan fingerprint density at radius 2 is 1.82 bits per heavy atom. The fourth-order valence-corrected chi connectivity index (χ4v) is 5.76. The summed E-state index contributed by atoms with van der Waals surface area (Å²) in [6, 6.07) is 5.05. The van der Waals surface area contributed by atoms with E-state index in [9.17, 15) is 16.8 Å². The van der Waals surface area contributed by atoms with Crippen LogP contribution in [0, 0.1) is 0 Å². The van der Waals surface area contributed by atoms with E-state index in [4.69, 9.17) is 0 Å². The summed E-state index contributed by atoms with van der Waals surface area (Å²) in [4.78, 5) is 0. The van der Waals surface area contributed by atoms with Gasteiger partial charge in [-0.05, 0) is 43.0 Å². The second kappa shape index (κ2) is 5.42. The van der Waals surface area contributed by atoms with Gasteiger partial charge in [-0.15, -0.1) is 0 Å². The maximum absolute atomic E-state index is 12.3. The van der Waals surface area contributed by atoms with Gasteiger partial charge >= 0.3 is 0 Å². The van der Waals surface area contributed by atoms with Crippen LogP contribution in [0.2, 0.25) is 0 Å². The van der Waals surface area contributed by atoms with Crippen LogP contribution in [0.4, 0.5) is 11.4 Å². The molecular weight excluding hydrogens is 324 g/mol. The Morgan fingerprint density at radius 3 is 2.45 bits per heavy atom. The summed E-state index contributed by atoms with van der Waals surface area (Å²) in [6.07, 6.45) is 5.11. The van der Waals surface area contributed by atoms with Gasteiger partial charge in [0, 0.05) is 12.2 Å². The standard InChI is InChI=1S/C14H20N2O4S2/c1-21(17,18)16-9-8-11-10-12(6-7-14(11)16)15-22(19,20)13-4-2-3-5-13/h6-7,10,13,15H,2-5,8-9H2,1H3. The molecule has 1 heterocycles. The molecule has 3 rings (SSSR count). The van der Waals surface area contributed by atoms with Crippen LogP contribution >= 0.6 is 0 Å². The van der Waals surface area contributed by atoms with E-state index in [0.29, 0.717) is 37.2 Å². The van der Waals surface area contributed by atoms with Crippen molar-refractivity contribution in [3.63, 3.8) is 0 Å². The van der Waals surface area contributed by atoms with Crippen molar-refractivity contribution >= 4 is 31.4 Å². The molecule has 122 valence electrons. The molecule has 6 nitrogen and oxygen atoms in total. The number of sulfonamides is 2. The average molecular weight is 344 g/mol. The van der Waals surface area contributed by atoms with Crippen molar-refractivity contribution in [2.75, 3.05) is 21.8 Å². The van der Waals surface area contributed by atoms with Crippen LogP contribution in [-0.4, -0.2) is 34.9 Å². The molecule has 1 saturated carbocycles. The van der Waals surface area contributed by atoms with E-state index < -0.39 is 20.0 Å². The number of hydrogen-bond acceptors (Lipinski definition) is 4. The number of nitrogens with one attached hydrogen (secondary N) is 1. The fourth-order valence-electron chi connectivity index (χ4n) is 3.23. The van der Waals surface area contributed by atoms with Gasteiger partial charge in [0.25, 0.3) is 0 Å². The van der Waals surface area contributed by atoms with E-state index in [1.807, 2.05) is 0 Å². The van der Waals surface area contributed by atoms with Crippen LogP contribution < -0.4 is 9.03 Å². The molecule has 1 N–H and O–H groups in total. The van der Waals surface area contributed by atoms with Crippen molar-refractivity contribution in [3.05, 3.63) is 23.8 Å². The van der Waals surface area contributed by atoms with Crippen LogP contribution in [0.5, 0.6) is 0 Å². The first-order valence-corrected chi connectivity index (χ1v) is 10.8. The predicted molar refractivity (Wildman–Crippen MR) is 87.1 cm³/mol. The predicted octanol–water partition coefficient (Wildman–Crippen LogP) is 1.69. The molecule has 0 saturated heterocycles. The van der Waals surface area contributed by atoms with Crippen LogP contribution in [0.25, 0.3) is 0 Å². The molecule has 1 aliphatic carbocycles. The highest BCUT2D eigenvalue weighted by atomic mass is 32.2. The first-order valence-electron chi connectivity index (χ1n) is 7.40. The molecule has 0 bridgehead atoms. The van der Waals surface area contributed by atoms with Gasteiger partial charge in [-0.25, -0.2) is 16.8 Å². The minimum absolute atomic E-state index is 0.312. The zero-order valence-corrected chi connectivity index (χ0v) is 14.1. The highest BCUT2D eigenvalue weighted by Crippen LogP contribution is 2.33. The molecule has 0 spiro atoms. The Labute approximate surface area is 131 Å².